The Hall–Kier alpha value is -2.55. The SMILES string of the molecule is O=C(CSc1nnc(NC(=O)c2ccc(S(=O)(=O)N3CCOCC3)cc2)s1)Nc1ccc(Cl)cc1. The lowest BCUT2D eigenvalue weighted by Gasteiger charge is -2.26. The number of amides is 2. The van der Waals surface area contributed by atoms with Gasteiger partial charge in [0.1, 0.15) is 0 Å². The predicted octanol–water partition coefficient (Wildman–Crippen LogP) is 3.20. The zero-order valence-electron chi connectivity index (χ0n) is 18.1. The van der Waals surface area contributed by atoms with Gasteiger partial charge < -0.3 is 10.1 Å². The molecule has 184 valence electrons. The van der Waals surface area contributed by atoms with Gasteiger partial charge in [0, 0.05) is 29.4 Å². The summed E-state index contributed by atoms with van der Waals surface area (Å²) in [5.41, 5.74) is 0.909. The van der Waals surface area contributed by atoms with Crippen molar-refractivity contribution in [3.8, 4) is 0 Å². The molecule has 10 nitrogen and oxygen atoms in total. The molecule has 2 N–H and O–H groups in total. The molecule has 2 heterocycles. The van der Waals surface area contributed by atoms with E-state index in [-0.39, 0.29) is 27.3 Å². The summed E-state index contributed by atoms with van der Waals surface area (Å²) in [6.07, 6.45) is 0. The molecule has 0 atom stereocenters. The van der Waals surface area contributed by atoms with Crippen LogP contribution in [0.2, 0.25) is 5.02 Å². The van der Waals surface area contributed by atoms with Crippen LogP contribution in [0.5, 0.6) is 0 Å². The van der Waals surface area contributed by atoms with Crippen molar-refractivity contribution in [1.29, 1.82) is 0 Å². The summed E-state index contributed by atoms with van der Waals surface area (Å²) in [4.78, 5) is 24.8. The molecular formula is C21H20ClN5O5S3. The first kappa shape index (κ1) is 25.5. The molecule has 2 aromatic carbocycles. The number of benzene rings is 2. The van der Waals surface area contributed by atoms with Crippen LogP contribution in [0.3, 0.4) is 0 Å². The van der Waals surface area contributed by atoms with E-state index < -0.39 is 15.9 Å². The van der Waals surface area contributed by atoms with Crippen molar-refractivity contribution in [2.24, 2.45) is 0 Å². The van der Waals surface area contributed by atoms with Gasteiger partial charge in [0.15, 0.2) is 4.34 Å². The van der Waals surface area contributed by atoms with Crippen molar-refractivity contribution < 1.29 is 22.7 Å². The first-order chi connectivity index (χ1) is 16.8. The highest BCUT2D eigenvalue weighted by Crippen LogP contribution is 2.26. The molecule has 1 aromatic heterocycles. The number of ether oxygens (including phenoxy) is 1. The molecule has 0 bridgehead atoms. The van der Waals surface area contributed by atoms with E-state index in [0.717, 1.165) is 11.3 Å². The van der Waals surface area contributed by atoms with E-state index >= 15 is 0 Å². The van der Waals surface area contributed by atoms with Crippen molar-refractivity contribution in [2.75, 3.05) is 42.7 Å². The fourth-order valence-corrected chi connectivity index (χ4v) is 6.14. The Morgan fingerprint density at radius 3 is 2.40 bits per heavy atom. The van der Waals surface area contributed by atoms with Crippen LogP contribution < -0.4 is 10.6 Å². The second-order valence-electron chi connectivity index (χ2n) is 7.21. The van der Waals surface area contributed by atoms with Crippen LogP contribution in [0.1, 0.15) is 10.4 Å². The zero-order valence-corrected chi connectivity index (χ0v) is 21.3. The highest BCUT2D eigenvalue weighted by atomic mass is 35.5. The van der Waals surface area contributed by atoms with Crippen LogP contribution in [-0.2, 0) is 19.6 Å². The number of morpholine rings is 1. The molecule has 2 amide bonds. The van der Waals surface area contributed by atoms with E-state index in [1.54, 1.807) is 24.3 Å². The molecule has 0 radical (unpaired) electrons. The first-order valence-corrected chi connectivity index (χ1v) is 13.9. The van der Waals surface area contributed by atoms with Gasteiger partial charge in [0.2, 0.25) is 21.1 Å². The number of carbonyl (C=O) groups is 2. The molecule has 1 aliphatic heterocycles. The number of nitrogens with one attached hydrogen (secondary N) is 2. The maximum absolute atomic E-state index is 12.7. The predicted molar refractivity (Wildman–Crippen MR) is 135 cm³/mol. The number of aromatic nitrogens is 2. The molecule has 14 heteroatoms. The fourth-order valence-electron chi connectivity index (χ4n) is 3.06. The third kappa shape index (κ3) is 6.78. The monoisotopic (exact) mass is 553 g/mol. The number of thioether (sulfide) groups is 1. The smallest absolute Gasteiger partial charge is 0.257 e. The Kier molecular flexibility index (Phi) is 8.36. The Morgan fingerprint density at radius 2 is 1.71 bits per heavy atom. The van der Waals surface area contributed by atoms with Crippen LogP contribution in [0, 0.1) is 0 Å². The Bertz CT molecular complexity index is 1290. The Morgan fingerprint density at radius 1 is 1.03 bits per heavy atom. The normalized spacial score (nSPS) is 14.4. The molecule has 0 spiro atoms. The summed E-state index contributed by atoms with van der Waals surface area (Å²) in [6.45, 7) is 1.30. The van der Waals surface area contributed by atoms with Crippen LogP contribution in [0.15, 0.2) is 57.8 Å². The van der Waals surface area contributed by atoms with Crippen LogP contribution >= 0.6 is 34.7 Å². The molecule has 1 fully saturated rings. The van der Waals surface area contributed by atoms with E-state index in [0.29, 0.717) is 41.4 Å². The summed E-state index contributed by atoms with van der Waals surface area (Å²) in [5.74, 6) is -0.552. The molecule has 1 aliphatic rings. The van der Waals surface area contributed by atoms with Crippen LogP contribution in [0.4, 0.5) is 10.8 Å². The lowest BCUT2D eigenvalue weighted by Crippen LogP contribution is -2.40. The van der Waals surface area contributed by atoms with Crippen molar-refractivity contribution in [1.82, 2.24) is 14.5 Å². The number of hydrogen-bond donors (Lipinski definition) is 2. The van der Waals surface area contributed by atoms with Crippen LogP contribution in [0.25, 0.3) is 0 Å². The van der Waals surface area contributed by atoms with Crippen molar-refractivity contribution >= 4 is 67.4 Å². The number of anilines is 2. The minimum Gasteiger partial charge on any atom is -0.379 e. The van der Waals surface area contributed by atoms with E-state index in [1.165, 1.54) is 40.3 Å². The molecule has 0 unspecified atom stereocenters. The lowest BCUT2D eigenvalue weighted by molar-refractivity contribution is -0.113. The highest BCUT2D eigenvalue weighted by molar-refractivity contribution is 8.01. The summed E-state index contributed by atoms with van der Waals surface area (Å²) >= 11 is 8.15. The third-order valence-corrected chi connectivity index (χ3v) is 8.94. The maximum atomic E-state index is 12.7. The van der Waals surface area contributed by atoms with Gasteiger partial charge in [-0.05, 0) is 48.5 Å². The first-order valence-electron chi connectivity index (χ1n) is 10.3. The highest BCUT2D eigenvalue weighted by Gasteiger charge is 2.26. The van der Waals surface area contributed by atoms with E-state index in [1.807, 2.05) is 0 Å². The summed E-state index contributed by atoms with van der Waals surface area (Å²) in [7, 11) is -3.64. The molecule has 3 aromatic rings. The van der Waals surface area contributed by atoms with E-state index in [9.17, 15) is 18.0 Å². The van der Waals surface area contributed by atoms with Gasteiger partial charge in [-0.25, -0.2) is 8.42 Å². The second kappa shape index (κ2) is 11.5. The van der Waals surface area contributed by atoms with Crippen molar-refractivity contribution in [2.45, 2.75) is 9.24 Å². The molecule has 0 saturated carbocycles. The van der Waals surface area contributed by atoms with Crippen molar-refractivity contribution in [3.63, 3.8) is 0 Å². The average Bonchev–Trinajstić information content (AvgIpc) is 3.32. The molecule has 4 rings (SSSR count). The van der Waals surface area contributed by atoms with Crippen LogP contribution in [-0.4, -0.2) is 66.8 Å². The summed E-state index contributed by atoms with van der Waals surface area (Å²) < 4.78 is 32.5. The Balaban J connectivity index is 1.29. The minimum absolute atomic E-state index is 0.113. The van der Waals surface area contributed by atoms with Gasteiger partial charge in [-0.1, -0.05) is 34.7 Å². The number of rotatable bonds is 8. The minimum atomic E-state index is -3.64. The quantitative estimate of drug-likeness (QED) is 0.321. The summed E-state index contributed by atoms with van der Waals surface area (Å²) in [5, 5.41) is 14.1. The number of nitrogens with zero attached hydrogens (tertiary/aromatic N) is 3. The number of halogens is 1. The topological polar surface area (TPSA) is 131 Å². The van der Waals surface area contributed by atoms with Gasteiger partial charge in [0.25, 0.3) is 5.91 Å². The van der Waals surface area contributed by atoms with Crippen molar-refractivity contribution in [3.05, 3.63) is 59.1 Å². The fraction of sp³-hybridized carbons (Fsp3) is 0.238. The third-order valence-electron chi connectivity index (χ3n) is 4.81. The van der Waals surface area contributed by atoms with Gasteiger partial charge in [-0.3, -0.25) is 14.9 Å². The second-order valence-corrected chi connectivity index (χ2v) is 11.8. The maximum Gasteiger partial charge on any atom is 0.257 e. The van der Waals surface area contributed by atoms with E-state index in [4.69, 9.17) is 16.3 Å². The largest absolute Gasteiger partial charge is 0.379 e. The number of sulfonamides is 1. The standard InChI is InChI=1S/C21H20ClN5O5S3/c22-15-3-5-16(6-4-15)23-18(28)13-33-21-26-25-20(34-21)24-19(29)14-1-7-17(8-2-14)35(30,31)27-9-11-32-12-10-27/h1-8H,9-13H2,(H,23,28)(H,24,25,29). The Labute approximate surface area is 215 Å². The molecular weight excluding hydrogens is 534 g/mol. The number of carbonyl (C=O) groups excluding carboxylic acids is 2. The summed E-state index contributed by atoms with van der Waals surface area (Å²) in [6, 6.07) is 12.5. The lowest BCUT2D eigenvalue weighted by atomic mass is 10.2. The van der Waals surface area contributed by atoms with E-state index in [2.05, 4.69) is 20.8 Å². The molecule has 35 heavy (non-hydrogen) atoms. The van der Waals surface area contributed by atoms with Gasteiger partial charge >= 0.3 is 0 Å². The van der Waals surface area contributed by atoms with Gasteiger partial charge in [-0.2, -0.15) is 4.31 Å². The van der Waals surface area contributed by atoms with Gasteiger partial charge in [-0.15, -0.1) is 10.2 Å². The molecule has 1 saturated heterocycles. The zero-order chi connectivity index (χ0) is 24.8. The number of hydrogen-bond acceptors (Lipinski definition) is 9. The van der Waals surface area contributed by atoms with Gasteiger partial charge in [0.05, 0.1) is 23.9 Å². The average molecular weight is 554 g/mol. The molecule has 0 aliphatic carbocycles.